The van der Waals surface area contributed by atoms with Gasteiger partial charge in [0, 0.05) is 36.6 Å². The first kappa shape index (κ1) is 26.0. The highest BCUT2D eigenvalue weighted by molar-refractivity contribution is 5.81. The number of aromatic nitrogens is 3. The van der Waals surface area contributed by atoms with Crippen molar-refractivity contribution in [1.82, 2.24) is 19.9 Å². The molecule has 0 radical (unpaired) electrons. The number of nitrogens with one attached hydrogen (secondary N) is 2. The van der Waals surface area contributed by atoms with Gasteiger partial charge in [-0.1, -0.05) is 30.3 Å². The Morgan fingerprint density at radius 2 is 1.79 bits per heavy atom. The van der Waals surface area contributed by atoms with E-state index >= 15 is 0 Å². The van der Waals surface area contributed by atoms with Gasteiger partial charge in [0.1, 0.15) is 23.5 Å². The predicted octanol–water partition coefficient (Wildman–Crippen LogP) is 3.85. The van der Waals surface area contributed by atoms with Gasteiger partial charge in [0.2, 0.25) is 5.91 Å². The summed E-state index contributed by atoms with van der Waals surface area (Å²) in [5, 5.41) is 5.97. The first-order chi connectivity index (χ1) is 18.8. The molecule has 2 aromatic heterocycles. The monoisotopic (exact) mass is 530 g/mol. The number of amides is 1. The largest absolute Gasteiger partial charge is 0.384 e. The number of pyridine rings is 1. The van der Waals surface area contributed by atoms with Gasteiger partial charge in [0.25, 0.3) is 5.56 Å². The molecule has 200 valence electrons. The van der Waals surface area contributed by atoms with Crippen LogP contribution >= 0.6 is 0 Å². The molecule has 1 amide bonds. The van der Waals surface area contributed by atoms with E-state index in [0.717, 1.165) is 11.3 Å². The van der Waals surface area contributed by atoms with Crippen molar-refractivity contribution >= 4 is 17.5 Å². The van der Waals surface area contributed by atoms with E-state index in [9.17, 15) is 18.4 Å². The number of halogens is 2. The molecule has 1 atom stereocenters. The van der Waals surface area contributed by atoms with Crippen molar-refractivity contribution in [3.63, 3.8) is 0 Å². The lowest BCUT2D eigenvalue weighted by Gasteiger charge is -2.20. The van der Waals surface area contributed by atoms with Crippen LogP contribution in [-0.4, -0.2) is 27.0 Å². The van der Waals surface area contributed by atoms with Crippen molar-refractivity contribution in [2.45, 2.75) is 38.3 Å². The van der Waals surface area contributed by atoms with Crippen LogP contribution in [0.1, 0.15) is 46.5 Å². The summed E-state index contributed by atoms with van der Waals surface area (Å²) in [5.74, 6) is -1.08. The van der Waals surface area contributed by atoms with Gasteiger partial charge in [-0.3, -0.25) is 14.2 Å². The molecule has 0 unspecified atom stereocenters. The third-order valence-corrected chi connectivity index (χ3v) is 7.01. The number of benzene rings is 2. The second-order valence-corrected chi connectivity index (χ2v) is 9.57. The number of fused-ring (bicyclic) bond motifs is 1. The fourth-order valence-corrected chi connectivity index (χ4v) is 4.98. The Labute approximate surface area is 223 Å². The van der Waals surface area contributed by atoms with Crippen molar-refractivity contribution in [3.05, 3.63) is 117 Å². The second kappa shape index (κ2) is 11.0. The minimum Gasteiger partial charge on any atom is -0.384 e. The van der Waals surface area contributed by atoms with Crippen LogP contribution in [0.4, 0.5) is 20.4 Å². The van der Waals surface area contributed by atoms with Gasteiger partial charge in [0.15, 0.2) is 5.82 Å². The van der Waals surface area contributed by atoms with Gasteiger partial charge in [-0.2, -0.15) is 0 Å². The van der Waals surface area contributed by atoms with E-state index in [4.69, 9.17) is 5.73 Å². The van der Waals surface area contributed by atoms with Gasteiger partial charge < -0.3 is 16.4 Å². The molecule has 0 aliphatic carbocycles. The minimum absolute atomic E-state index is 0.0647. The van der Waals surface area contributed by atoms with Crippen LogP contribution in [0, 0.1) is 18.6 Å². The maximum Gasteiger partial charge on any atom is 0.294 e. The zero-order chi connectivity index (χ0) is 27.5. The van der Waals surface area contributed by atoms with E-state index in [0.29, 0.717) is 35.5 Å². The summed E-state index contributed by atoms with van der Waals surface area (Å²) in [6, 6.07) is 14.9. The molecule has 1 aliphatic heterocycles. The van der Waals surface area contributed by atoms with Crippen molar-refractivity contribution in [2.75, 3.05) is 17.6 Å². The van der Waals surface area contributed by atoms with Gasteiger partial charge in [0.05, 0.1) is 0 Å². The Kier molecular flexibility index (Phi) is 7.36. The molecule has 3 heterocycles. The number of carbonyl (C=O) groups excluding carboxylic acids is 1. The molecule has 39 heavy (non-hydrogen) atoms. The summed E-state index contributed by atoms with van der Waals surface area (Å²) >= 11 is 0. The van der Waals surface area contributed by atoms with Crippen molar-refractivity contribution < 1.29 is 13.6 Å². The molecule has 10 heteroatoms. The van der Waals surface area contributed by atoms with Gasteiger partial charge in [-0.05, 0) is 66.8 Å². The van der Waals surface area contributed by atoms with Crippen molar-refractivity contribution in [1.29, 1.82) is 0 Å². The smallest absolute Gasteiger partial charge is 0.294 e. The highest BCUT2D eigenvalue weighted by atomic mass is 19.1. The van der Waals surface area contributed by atoms with Gasteiger partial charge in [-0.15, -0.1) is 0 Å². The van der Waals surface area contributed by atoms with E-state index in [1.54, 1.807) is 36.5 Å². The molecular formula is C29H28F2N6O2. The van der Waals surface area contributed by atoms with Crippen LogP contribution in [0.5, 0.6) is 0 Å². The molecule has 1 aliphatic rings. The van der Waals surface area contributed by atoms with Crippen LogP contribution in [0.15, 0.2) is 71.7 Å². The molecule has 2 aromatic carbocycles. The molecule has 5 rings (SSSR count). The third-order valence-electron chi connectivity index (χ3n) is 7.01. The van der Waals surface area contributed by atoms with Gasteiger partial charge in [-0.25, -0.2) is 18.7 Å². The van der Waals surface area contributed by atoms with E-state index in [1.807, 2.05) is 13.0 Å². The second-order valence-electron chi connectivity index (χ2n) is 9.57. The summed E-state index contributed by atoms with van der Waals surface area (Å²) in [6.07, 6.45) is 2.60. The molecule has 0 saturated carbocycles. The van der Waals surface area contributed by atoms with E-state index in [2.05, 4.69) is 20.6 Å². The maximum atomic E-state index is 14.0. The zero-order valence-corrected chi connectivity index (χ0v) is 21.3. The Morgan fingerprint density at radius 1 is 1.10 bits per heavy atom. The number of hydrogen-bond donors (Lipinski definition) is 3. The summed E-state index contributed by atoms with van der Waals surface area (Å²) in [4.78, 5) is 35.1. The Bertz CT molecular complexity index is 1540. The topological polar surface area (TPSA) is 115 Å². The highest BCUT2D eigenvalue weighted by Crippen LogP contribution is 2.27. The number of carbonyl (C=O) groups is 1. The van der Waals surface area contributed by atoms with Crippen LogP contribution in [0.25, 0.3) is 0 Å². The average Bonchev–Trinajstić information content (AvgIpc) is 3.35. The summed E-state index contributed by atoms with van der Waals surface area (Å²) in [6.45, 7) is 2.24. The summed E-state index contributed by atoms with van der Waals surface area (Å²) in [7, 11) is 0. The number of aryl methyl sites for hydroxylation is 2. The molecule has 4 N–H and O–H groups in total. The van der Waals surface area contributed by atoms with Crippen molar-refractivity contribution in [2.24, 2.45) is 0 Å². The summed E-state index contributed by atoms with van der Waals surface area (Å²) in [5.41, 5.74) is 8.76. The fraction of sp³-hybridized carbons (Fsp3) is 0.241. The number of nitrogens with zero attached hydrogens (tertiary/aromatic N) is 3. The quantitative estimate of drug-likeness (QED) is 0.319. The Hall–Kier alpha value is -4.60. The normalized spacial score (nSPS) is 14.3. The lowest BCUT2D eigenvalue weighted by atomic mass is 9.91. The van der Waals surface area contributed by atoms with Gasteiger partial charge >= 0.3 is 0 Å². The average molecular weight is 531 g/mol. The van der Waals surface area contributed by atoms with E-state index in [1.165, 1.54) is 28.8 Å². The number of nitrogen functional groups attached to an aromatic ring is 1. The highest BCUT2D eigenvalue weighted by Gasteiger charge is 2.31. The standard InChI is InChI=1S/C29H28F2N6O2/c1-17-20(8-11-26(32)36-17)14-35-28(38)25-10-9-23-15-33-27(29(39)37(23)25)34-16-24(18-4-2-6-21(30)12-18)19-5-3-7-22(31)13-19/h2-8,11-13,15,24-25H,9-10,14,16H2,1H3,(H2,32,36)(H,33,34)(H,35,38)/t25-/m0/s1. The lowest BCUT2D eigenvalue weighted by Crippen LogP contribution is -2.36. The van der Waals surface area contributed by atoms with Crippen LogP contribution in [0.2, 0.25) is 0 Å². The van der Waals surface area contributed by atoms with Crippen LogP contribution in [0.3, 0.4) is 0 Å². The van der Waals surface area contributed by atoms with Crippen molar-refractivity contribution in [3.8, 4) is 0 Å². The number of hydrogen-bond acceptors (Lipinski definition) is 6. The molecule has 4 aromatic rings. The fourth-order valence-electron chi connectivity index (χ4n) is 4.98. The zero-order valence-electron chi connectivity index (χ0n) is 21.3. The molecule has 0 bridgehead atoms. The lowest BCUT2D eigenvalue weighted by molar-refractivity contribution is -0.124. The van der Waals surface area contributed by atoms with Crippen LogP contribution < -0.4 is 21.9 Å². The van der Waals surface area contributed by atoms with E-state index < -0.39 is 29.2 Å². The molecule has 8 nitrogen and oxygen atoms in total. The molecule has 0 spiro atoms. The number of anilines is 2. The first-order valence-electron chi connectivity index (χ1n) is 12.6. The Balaban J connectivity index is 1.36. The first-order valence-corrected chi connectivity index (χ1v) is 12.6. The number of nitrogens with two attached hydrogens (primary N) is 1. The molecular weight excluding hydrogens is 502 g/mol. The van der Waals surface area contributed by atoms with Crippen LogP contribution in [-0.2, 0) is 17.8 Å². The number of rotatable bonds is 8. The Morgan fingerprint density at radius 3 is 2.44 bits per heavy atom. The minimum atomic E-state index is -0.680. The van der Waals surface area contributed by atoms with E-state index in [-0.39, 0.29) is 24.8 Å². The summed E-state index contributed by atoms with van der Waals surface area (Å²) < 4.78 is 29.5. The third kappa shape index (κ3) is 5.64. The SMILES string of the molecule is Cc1nc(N)ccc1CNC(=O)[C@@H]1CCc2cnc(NCC(c3cccc(F)c3)c3cccc(F)c3)c(=O)n21. The molecule has 0 fully saturated rings. The molecule has 0 saturated heterocycles. The predicted molar refractivity (Wildman–Crippen MR) is 144 cm³/mol. The maximum absolute atomic E-state index is 14.0.